The van der Waals surface area contributed by atoms with Crippen LogP contribution in [0.4, 0.5) is 16.2 Å². The van der Waals surface area contributed by atoms with Crippen LogP contribution in [0.2, 0.25) is 0 Å². The highest BCUT2D eigenvalue weighted by molar-refractivity contribution is 6.29. The van der Waals surface area contributed by atoms with Crippen LogP contribution >= 0.6 is 11.6 Å². The van der Waals surface area contributed by atoms with E-state index in [0.29, 0.717) is 17.8 Å². The summed E-state index contributed by atoms with van der Waals surface area (Å²) in [6.07, 6.45) is -0.104. The number of amides is 2. The minimum Gasteiger partial charge on any atom is -0.456 e. The van der Waals surface area contributed by atoms with Gasteiger partial charge in [0.15, 0.2) is 0 Å². The van der Waals surface area contributed by atoms with Gasteiger partial charge in [0.25, 0.3) is 0 Å². The van der Waals surface area contributed by atoms with Crippen LogP contribution in [0.5, 0.6) is 0 Å². The van der Waals surface area contributed by atoms with Gasteiger partial charge in [-0.1, -0.05) is 36.4 Å². The topological polar surface area (TPSA) is 72.6 Å². The number of alkyl halides is 1. The van der Waals surface area contributed by atoms with E-state index in [0.717, 1.165) is 11.1 Å². The number of halogens is 1. The minimum atomic E-state index is -0.747. The second-order valence-corrected chi connectivity index (χ2v) is 6.26. The monoisotopic (exact) mass is 344 g/mol. The van der Waals surface area contributed by atoms with Crippen molar-refractivity contribution in [2.24, 2.45) is 5.73 Å². The zero-order chi connectivity index (χ0) is 17.3. The summed E-state index contributed by atoms with van der Waals surface area (Å²) in [5.74, 6) is -0.499. The van der Waals surface area contributed by atoms with Gasteiger partial charge in [0, 0.05) is 12.0 Å². The predicted octanol–water partition coefficient (Wildman–Crippen LogP) is 3.67. The number of primary amides is 1. The van der Waals surface area contributed by atoms with E-state index in [9.17, 15) is 9.59 Å². The third-order valence-electron chi connectivity index (χ3n) is 3.97. The molecule has 0 aromatic heterocycles. The van der Waals surface area contributed by atoms with E-state index < -0.39 is 23.5 Å². The maximum absolute atomic E-state index is 12.1. The Morgan fingerprint density at radius 3 is 2.46 bits per heavy atom. The second-order valence-electron chi connectivity index (χ2n) is 5.61. The number of rotatable bonds is 2. The number of carbonyl (C=O) groups is 2. The maximum atomic E-state index is 12.1. The summed E-state index contributed by atoms with van der Waals surface area (Å²) in [6, 6.07) is 14.1. The third kappa shape index (κ3) is 2.95. The predicted molar refractivity (Wildman–Crippen MR) is 92.5 cm³/mol. The van der Waals surface area contributed by atoms with Crippen LogP contribution in [0.15, 0.2) is 48.5 Å². The molecular formula is C18H17ClN2O3. The molecule has 0 radical (unpaired) electrons. The smallest absolute Gasteiger partial charge is 0.324 e. The minimum absolute atomic E-state index is 0.437. The molecule has 5 nitrogen and oxygen atoms in total. The van der Waals surface area contributed by atoms with Gasteiger partial charge in [-0.25, -0.2) is 4.79 Å². The molecule has 0 bridgehead atoms. The normalized spacial score (nSPS) is 17.2. The molecule has 2 amide bonds. The number of urea groups is 1. The molecule has 2 aromatic rings. The van der Waals surface area contributed by atoms with Crippen LogP contribution in [0.25, 0.3) is 0 Å². The summed E-state index contributed by atoms with van der Waals surface area (Å²) in [5.41, 5.74) is 8.50. The summed E-state index contributed by atoms with van der Waals surface area (Å²) in [6.45, 7) is 1.57. The fourth-order valence-electron chi connectivity index (χ4n) is 2.88. The Morgan fingerprint density at radius 2 is 1.79 bits per heavy atom. The molecule has 3 rings (SSSR count). The first-order valence-corrected chi connectivity index (χ1v) is 8.03. The Kier molecular flexibility index (Phi) is 4.44. The van der Waals surface area contributed by atoms with Crippen LogP contribution in [-0.2, 0) is 16.0 Å². The highest BCUT2D eigenvalue weighted by atomic mass is 35.5. The molecule has 1 heterocycles. The number of nitrogens with two attached hydrogens (primary N) is 1. The molecule has 24 heavy (non-hydrogen) atoms. The first-order chi connectivity index (χ1) is 11.5. The lowest BCUT2D eigenvalue weighted by molar-refractivity contribution is -0.148. The molecule has 1 aliphatic heterocycles. The fourth-order valence-corrected chi connectivity index (χ4v) is 2.93. The van der Waals surface area contributed by atoms with E-state index in [-0.39, 0.29) is 0 Å². The van der Waals surface area contributed by atoms with Crippen LogP contribution in [0.1, 0.15) is 24.2 Å². The highest BCUT2D eigenvalue weighted by Crippen LogP contribution is 2.41. The van der Waals surface area contributed by atoms with Crippen molar-refractivity contribution in [1.82, 2.24) is 0 Å². The molecule has 1 aliphatic rings. The molecule has 2 aromatic carbocycles. The van der Waals surface area contributed by atoms with Crippen molar-refractivity contribution in [2.45, 2.75) is 24.8 Å². The quantitative estimate of drug-likeness (QED) is 0.667. The molecule has 2 N–H and O–H groups in total. The average Bonchev–Trinajstić information content (AvgIpc) is 2.69. The van der Waals surface area contributed by atoms with Crippen LogP contribution in [-0.4, -0.2) is 17.4 Å². The van der Waals surface area contributed by atoms with Crippen LogP contribution < -0.4 is 10.6 Å². The first kappa shape index (κ1) is 16.3. The van der Waals surface area contributed by atoms with Gasteiger partial charge in [0.1, 0.15) is 11.5 Å². The van der Waals surface area contributed by atoms with E-state index in [2.05, 4.69) is 0 Å². The molecule has 6 heteroatoms. The highest BCUT2D eigenvalue weighted by Gasteiger charge is 2.31. The van der Waals surface area contributed by atoms with E-state index in [4.69, 9.17) is 22.1 Å². The molecule has 0 spiro atoms. The molecule has 0 saturated heterocycles. The third-order valence-corrected chi connectivity index (χ3v) is 4.14. The summed E-state index contributed by atoms with van der Waals surface area (Å²) < 4.78 is 5.59. The molecule has 0 saturated carbocycles. The van der Waals surface area contributed by atoms with Crippen molar-refractivity contribution in [3.8, 4) is 0 Å². The van der Waals surface area contributed by atoms with Gasteiger partial charge in [-0.05, 0) is 24.6 Å². The number of hydrogen-bond donors (Lipinski definition) is 1. The van der Waals surface area contributed by atoms with Gasteiger partial charge in [-0.2, -0.15) is 0 Å². The Hall–Kier alpha value is -2.53. The number of nitrogens with zero attached hydrogens (tertiary/aromatic N) is 1. The number of ether oxygens (including phenoxy) is 1. The number of esters is 1. The summed E-state index contributed by atoms with van der Waals surface area (Å²) in [4.78, 5) is 25.5. The standard InChI is InChI=1S/C18H17ClN2O3/c1-11(19)17(22)24-16-10-12-6-2-4-8-14(12)21(18(20)23)15-9-5-3-7-13(15)16/h2-9,11,16H,10H2,1H3,(H2,20,23). The number of carbonyl (C=O) groups excluding carboxylic acids is 2. The van der Waals surface area contributed by atoms with E-state index in [1.807, 2.05) is 42.5 Å². The lowest BCUT2D eigenvalue weighted by atomic mass is 10.0. The Balaban J connectivity index is 2.15. The van der Waals surface area contributed by atoms with Crippen molar-refractivity contribution in [1.29, 1.82) is 0 Å². The Bertz CT molecular complexity index is 791. The van der Waals surface area contributed by atoms with Gasteiger partial charge < -0.3 is 10.5 Å². The van der Waals surface area contributed by atoms with E-state index in [1.165, 1.54) is 4.90 Å². The zero-order valence-corrected chi connectivity index (χ0v) is 13.9. The molecular weight excluding hydrogens is 328 g/mol. The van der Waals surface area contributed by atoms with Crippen molar-refractivity contribution in [3.63, 3.8) is 0 Å². The average molecular weight is 345 g/mol. The largest absolute Gasteiger partial charge is 0.456 e. The number of benzene rings is 2. The van der Waals surface area contributed by atoms with Gasteiger partial charge in [-0.3, -0.25) is 9.69 Å². The summed E-state index contributed by atoms with van der Waals surface area (Å²) in [5, 5.41) is -0.747. The van der Waals surface area contributed by atoms with E-state index >= 15 is 0 Å². The number of para-hydroxylation sites is 2. The lowest BCUT2D eigenvalue weighted by Gasteiger charge is -2.23. The van der Waals surface area contributed by atoms with Crippen molar-refractivity contribution in [3.05, 3.63) is 59.7 Å². The van der Waals surface area contributed by atoms with Gasteiger partial charge in [0.05, 0.1) is 11.4 Å². The Morgan fingerprint density at radius 1 is 1.17 bits per heavy atom. The van der Waals surface area contributed by atoms with Gasteiger partial charge >= 0.3 is 12.0 Å². The number of fused-ring (bicyclic) bond motifs is 2. The second kappa shape index (κ2) is 6.53. The number of anilines is 2. The van der Waals surface area contributed by atoms with Crippen molar-refractivity contribution in [2.75, 3.05) is 4.90 Å². The number of hydrogen-bond acceptors (Lipinski definition) is 3. The van der Waals surface area contributed by atoms with Crippen LogP contribution in [0.3, 0.4) is 0 Å². The maximum Gasteiger partial charge on any atom is 0.324 e. The molecule has 2 unspecified atom stereocenters. The van der Waals surface area contributed by atoms with Crippen LogP contribution in [0, 0.1) is 0 Å². The molecule has 2 atom stereocenters. The zero-order valence-electron chi connectivity index (χ0n) is 13.1. The molecule has 124 valence electrons. The van der Waals surface area contributed by atoms with Gasteiger partial charge in [0.2, 0.25) is 0 Å². The molecule has 0 fully saturated rings. The van der Waals surface area contributed by atoms with Gasteiger partial charge in [-0.15, -0.1) is 11.6 Å². The lowest BCUT2D eigenvalue weighted by Crippen LogP contribution is -2.32. The van der Waals surface area contributed by atoms with Crippen molar-refractivity contribution < 1.29 is 14.3 Å². The van der Waals surface area contributed by atoms with E-state index in [1.54, 1.807) is 13.0 Å². The summed E-state index contributed by atoms with van der Waals surface area (Å²) >= 11 is 5.84. The fraction of sp³-hybridized carbons (Fsp3) is 0.222. The molecule has 0 aliphatic carbocycles. The Labute approximate surface area is 145 Å². The first-order valence-electron chi connectivity index (χ1n) is 7.60. The SMILES string of the molecule is CC(Cl)C(=O)OC1Cc2ccccc2N(C(N)=O)c2ccccc21. The summed E-state index contributed by atoms with van der Waals surface area (Å²) in [7, 11) is 0. The van der Waals surface area contributed by atoms with Crippen molar-refractivity contribution >= 4 is 35.0 Å².